The normalized spacial score (nSPS) is 32.6. The largest absolute Gasteiger partial charge is 0.458 e. The molecule has 1 aliphatic heterocycles. The summed E-state index contributed by atoms with van der Waals surface area (Å²) in [6.07, 6.45) is 17.0. The highest BCUT2D eigenvalue weighted by Gasteiger charge is 2.59. The highest BCUT2D eigenvalue weighted by atomic mass is 16.5. The summed E-state index contributed by atoms with van der Waals surface area (Å²) in [6, 6.07) is 9.22. The Morgan fingerprint density at radius 3 is 2.16 bits per heavy atom. The van der Waals surface area contributed by atoms with Crippen molar-refractivity contribution < 1.29 is 14.0 Å². The van der Waals surface area contributed by atoms with Gasteiger partial charge in [-0.1, -0.05) is 89.8 Å². The van der Waals surface area contributed by atoms with Gasteiger partial charge in [0.1, 0.15) is 12.6 Å². The second-order valence-corrected chi connectivity index (χ2v) is 20.3. The van der Waals surface area contributed by atoms with Gasteiger partial charge < -0.3 is 25.2 Å². The van der Waals surface area contributed by atoms with E-state index in [1.807, 2.05) is 0 Å². The summed E-state index contributed by atoms with van der Waals surface area (Å²) in [5.41, 5.74) is 5.09. The fourth-order valence-corrected chi connectivity index (χ4v) is 12.8. The maximum absolute atomic E-state index is 13.8. The first kappa shape index (κ1) is 43.8. The lowest BCUT2D eigenvalue weighted by Crippen LogP contribution is -2.52. The summed E-state index contributed by atoms with van der Waals surface area (Å²) in [6.45, 7) is 29.5. The molecule has 3 N–H and O–H groups in total. The van der Waals surface area contributed by atoms with Gasteiger partial charge >= 0.3 is 5.97 Å². The standard InChI is InChI=1S/C49H84N5O2/c1-8-54(9-2,35-40-15-13-39(14-16-40)34-53-31-29-51-27-25-50-26-28-52-30-32-53)36-47(55)56-42-21-23-48(6)41(33-42)17-18-43-45-20-19-44(38(5)12-10-11-37(3)4)49(45,7)24-22-46(43)48/h13-17,37-38,42-46,50-52H,8-12,18-36H2,1-7H3/q+1/t38-,42+,43+,44-,45+,46+,48+,49-/m1/s1. The van der Waals surface area contributed by atoms with Crippen LogP contribution in [0.4, 0.5) is 0 Å². The first-order valence-corrected chi connectivity index (χ1v) is 23.6. The van der Waals surface area contributed by atoms with Crippen molar-refractivity contribution in [1.29, 1.82) is 0 Å². The Kier molecular flexibility index (Phi) is 15.6. The van der Waals surface area contributed by atoms with Gasteiger partial charge in [-0.3, -0.25) is 4.90 Å². The molecule has 0 amide bonds. The number of fused-ring (bicyclic) bond motifs is 5. The van der Waals surface area contributed by atoms with Crippen LogP contribution in [0.1, 0.15) is 130 Å². The van der Waals surface area contributed by atoms with Gasteiger partial charge in [-0.25, -0.2) is 4.79 Å². The number of hydrogen-bond acceptors (Lipinski definition) is 6. The molecular formula is C49H84N5O2+. The topological polar surface area (TPSA) is 65.6 Å². The molecule has 316 valence electrons. The molecule has 1 heterocycles. The van der Waals surface area contributed by atoms with Gasteiger partial charge in [-0.05, 0) is 111 Å². The van der Waals surface area contributed by atoms with Crippen LogP contribution < -0.4 is 16.0 Å². The molecule has 1 saturated heterocycles. The molecule has 0 spiro atoms. The molecule has 5 aliphatic rings. The lowest BCUT2D eigenvalue weighted by molar-refractivity contribution is -0.931. The summed E-state index contributed by atoms with van der Waals surface area (Å²) < 4.78 is 7.17. The summed E-state index contributed by atoms with van der Waals surface area (Å²) in [5, 5.41) is 10.6. The van der Waals surface area contributed by atoms with Gasteiger partial charge in [0.2, 0.25) is 0 Å². The molecule has 7 heteroatoms. The minimum atomic E-state index is -0.00513. The molecule has 3 saturated carbocycles. The van der Waals surface area contributed by atoms with Crippen molar-refractivity contribution in [3.63, 3.8) is 0 Å². The number of quaternary nitrogens is 1. The van der Waals surface area contributed by atoms with Crippen LogP contribution >= 0.6 is 0 Å². The van der Waals surface area contributed by atoms with E-state index in [0.717, 1.165) is 131 Å². The zero-order chi connectivity index (χ0) is 39.8. The Bertz CT molecular complexity index is 1400. The van der Waals surface area contributed by atoms with E-state index in [-0.39, 0.29) is 17.5 Å². The van der Waals surface area contributed by atoms with Crippen LogP contribution in [0.5, 0.6) is 0 Å². The number of nitrogens with zero attached hydrogens (tertiary/aromatic N) is 2. The van der Waals surface area contributed by atoms with E-state index in [4.69, 9.17) is 4.74 Å². The molecule has 6 rings (SSSR count). The predicted octanol–water partition coefficient (Wildman–Crippen LogP) is 8.58. The summed E-state index contributed by atoms with van der Waals surface area (Å²) >= 11 is 0. The van der Waals surface area contributed by atoms with Gasteiger partial charge in [0, 0.05) is 70.9 Å². The van der Waals surface area contributed by atoms with Gasteiger partial charge in [0.15, 0.2) is 6.54 Å². The minimum absolute atomic E-state index is 0.00513. The van der Waals surface area contributed by atoms with Crippen molar-refractivity contribution in [2.45, 2.75) is 138 Å². The number of nitrogens with one attached hydrogen (secondary N) is 3. The van der Waals surface area contributed by atoms with E-state index >= 15 is 0 Å². The van der Waals surface area contributed by atoms with Gasteiger partial charge in [0.25, 0.3) is 0 Å². The minimum Gasteiger partial charge on any atom is -0.458 e. The third-order valence-electron chi connectivity index (χ3n) is 16.5. The summed E-state index contributed by atoms with van der Waals surface area (Å²) in [5.74, 6) is 5.10. The van der Waals surface area contributed by atoms with Crippen LogP contribution in [0.2, 0.25) is 0 Å². The monoisotopic (exact) mass is 775 g/mol. The maximum Gasteiger partial charge on any atom is 0.362 e. The van der Waals surface area contributed by atoms with Crippen LogP contribution in [-0.4, -0.2) is 93.4 Å². The number of benzene rings is 1. The second kappa shape index (κ2) is 20.0. The Balaban J connectivity index is 1.01. The van der Waals surface area contributed by atoms with Crippen molar-refractivity contribution in [3.05, 3.63) is 47.0 Å². The van der Waals surface area contributed by atoms with Crippen molar-refractivity contribution in [2.24, 2.45) is 46.3 Å². The highest BCUT2D eigenvalue weighted by Crippen LogP contribution is 2.67. The molecule has 0 bridgehead atoms. The average molecular weight is 775 g/mol. The van der Waals surface area contributed by atoms with Gasteiger partial charge in [-0.15, -0.1) is 0 Å². The average Bonchev–Trinajstić information content (AvgIpc) is 3.53. The fraction of sp³-hybridized carbons (Fsp3) is 0.816. The molecule has 1 aromatic rings. The SMILES string of the molecule is CC[N+](CC)(CC(=O)O[C@H]1CC[C@@]2(C)C(=CC[C@H]3[C@@H]4CC[C@H]([C@H](C)CCCC(C)C)[C@@]4(C)CC[C@@H]32)C1)Cc1ccc(CN2CCNCCNCCNCC2)cc1. The van der Waals surface area contributed by atoms with Crippen LogP contribution in [0.25, 0.3) is 0 Å². The molecule has 0 radical (unpaired) electrons. The summed E-state index contributed by atoms with van der Waals surface area (Å²) in [4.78, 5) is 16.3. The smallest absolute Gasteiger partial charge is 0.362 e. The number of carbonyl (C=O) groups is 1. The van der Waals surface area contributed by atoms with Crippen LogP contribution in [0.3, 0.4) is 0 Å². The Morgan fingerprint density at radius 1 is 0.839 bits per heavy atom. The molecule has 4 aliphatic carbocycles. The number of carbonyl (C=O) groups excluding carboxylic acids is 1. The number of ether oxygens (including phenoxy) is 1. The van der Waals surface area contributed by atoms with Crippen molar-refractivity contribution >= 4 is 5.97 Å². The Labute approximate surface area is 343 Å². The van der Waals surface area contributed by atoms with E-state index in [1.54, 1.807) is 5.57 Å². The zero-order valence-corrected chi connectivity index (χ0v) is 37.1. The number of esters is 1. The van der Waals surface area contributed by atoms with Crippen LogP contribution in [0, 0.1) is 46.3 Å². The molecule has 0 aromatic heterocycles. The first-order valence-electron chi connectivity index (χ1n) is 23.6. The highest BCUT2D eigenvalue weighted by molar-refractivity contribution is 5.71. The van der Waals surface area contributed by atoms with Crippen molar-refractivity contribution in [2.75, 3.05) is 72.0 Å². The Morgan fingerprint density at radius 2 is 1.50 bits per heavy atom. The molecular weight excluding hydrogens is 691 g/mol. The van der Waals surface area contributed by atoms with Gasteiger partial charge in [0.05, 0.1) is 13.1 Å². The number of allylic oxidation sites excluding steroid dienone is 1. The van der Waals surface area contributed by atoms with Crippen molar-refractivity contribution in [3.8, 4) is 0 Å². The number of rotatable bonds is 14. The second-order valence-electron chi connectivity index (χ2n) is 20.3. The molecule has 56 heavy (non-hydrogen) atoms. The Hall–Kier alpha value is -1.77. The number of likely N-dealkylation sites (N-methyl/N-ethyl adjacent to an activating group) is 1. The quantitative estimate of drug-likeness (QED) is 0.100. The van der Waals surface area contributed by atoms with Crippen molar-refractivity contribution in [1.82, 2.24) is 20.9 Å². The van der Waals surface area contributed by atoms with Crippen LogP contribution in [-0.2, 0) is 22.6 Å². The van der Waals surface area contributed by atoms with Crippen LogP contribution in [0.15, 0.2) is 35.9 Å². The molecule has 7 nitrogen and oxygen atoms in total. The zero-order valence-electron chi connectivity index (χ0n) is 37.1. The number of hydrogen-bond donors (Lipinski definition) is 3. The lowest BCUT2D eigenvalue weighted by atomic mass is 9.47. The molecule has 4 fully saturated rings. The van der Waals surface area contributed by atoms with E-state index < -0.39 is 0 Å². The third-order valence-corrected chi connectivity index (χ3v) is 16.5. The first-order chi connectivity index (χ1) is 27.0. The van der Waals surface area contributed by atoms with E-state index in [2.05, 4.69) is 99.7 Å². The van der Waals surface area contributed by atoms with Gasteiger partial charge in [-0.2, -0.15) is 0 Å². The molecule has 1 aromatic carbocycles. The third kappa shape index (κ3) is 10.5. The molecule has 0 unspecified atom stereocenters. The predicted molar refractivity (Wildman–Crippen MR) is 233 cm³/mol. The van der Waals surface area contributed by atoms with E-state index in [1.165, 1.54) is 68.9 Å². The van der Waals surface area contributed by atoms with E-state index in [0.29, 0.717) is 12.0 Å². The summed E-state index contributed by atoms with van der Waals surface area (Å²) in [7, 11) is 0. The fourth-order valence-electron chi connectivity index (χ4n) is 12.8. The molecule has 8 atom stereocenters. The lowest BCUT2D eigenvalue weighted by Gasteiger charge is -2.58. The van der Waals surface area contributed by atoms with E-state index in [9.17, 15) is 4.79 Å². The maximum atomic E-state index is 13.8.